The number of rotatable bonds is 12. The Morgan fingerprint density at radius 2 is 1.33 bits per heavy atom. The van der Waals surface area contributed by atoms with E-state index in [1.165, 1.54) is 70.6 Å². The summed E-state index contributed by atoms with van der Waals surface area (Å²) < 4.78 is 0. The molecule has 0 rings (SSSR count). The van der Waals surface area contributed by atoms with Crippen LogP contribution in [0.15, 0.2) is 23.8 Å². The summed E-state index contributed by atoms with van der Waals surface area (Å²) in [4.78, 5) is 0. The summed E-state index contributed by atoms with van der Waals surface area (Å²) in [5.74, 6) is 0. The predicted octanol–water partition coefficient (Wildman–Crippen LogP) is 6.82. The second-order valence-electron chi connectivity index (χ2n) is 5.22. The molecule has 0 radical (unpaired) electrons. The quantitative estimate of drug-likeness (QED) is 0.263. The van der Waals surface area contributed by atoms with E-state index in [1.54, 1.807) is 5.57 Å². The molecule has 0 amide bonds. The zero-order valence-corrected chi connectivity index (χ0v) is 13.0. The topological polar surface area (TPSA) is 0 Å². The van der Waals surface area contributed by atoms with Gasteiger partial charge in [-0.2, -0.15) is 0 Å². The summed E-state index contributed by atoms with van der Waals surface area (Å²) in [7, 11) is 0. The first-order valence-electron chi connectivity index (χ1n) is 8.18. The van der Waals surface area contributed by atoms with Gasteiger partial charge < -0.3 is 0 Å². The smallest absolute Gasteiger partial charge is 0.0286 e. The maximum Gasteiger partial charge on any atom is -0.0286 e. The SMILES string of the molecule is CCCCC/C=C\CC/C(=C\CCCCC)CC. The lowest BCUT2D eigenvalue weighted by Crippen LogP contribution is -1.82. The van der Waals surface area contributed by atoms with E-state index in [4.69, 9.17) is 0 Å². The predicted molar refractivity (Wildman–Crippen MR) is 85.0 cm³/mol. The number of hydrogen-bond donors (Lipinski definition) is 0. The van der Waals surface area contributed by atoms with Gasteiger partial charge in [0.2, 0.25) is 0 Å². The van der Waals surface area contributed by atoms with Crippen LogP contribution in [0.4, 0.5) is 0 Å². The maximum atomic E-state index is 2.49. The van der Waals surface area contributed by atoms with Gasteiger partial charge in [0.15, 0.2) is 0 Å². The Labute approximate surface area is 116 Å². The van der Waals surface area contributed by atoms with Gasteiger partial charge in [-0.05, 0) is 44.9 Å². The number of unbranched alkanes of at least 4 members (excludes halogenated alkanes) is 6. The zero-order valence-electron chi connectivity index (χ0n) is 13.0. The van der Waals surface area contributed by atoms with Crippen molar-refractivity contribution in [1.29, 1.82) is 0 Å². The molecule has 0 heteroatoms. The lowest BCUT2D eigenvalue weighted by Gasteiger charge is -2.02. The van der Waals surface area contributed by atoms with E-state index in [0.29, 0.717) is 0 Å². The molecule has 0 aliphatic carbocycles. The molecule has 0 saturated heterocycles. The average Bonchev–Trinajstić information content (AvgIpc) is 2.40. The summed E-state index contributed by atoms with van der Waals surface area (Å²) in [6.07, 6.45) is 21.7. The molecule has 0 aromatic heterocycles. The standard InChI is InChI=1S/C18H34/c1-4-7-9-11-12-13-15-17-18(6-3)16-14-10-8-5-2/h12-13,16H,4-11,14-15,17H2,1-3H3/b13-12-,18-16-. The highest BCUT2D eigenvalue weighted by Crippen LogP contribution is 2.13. The highest BCUT2D eigenvalue weighted by atomic mass is 14.0. The third-order valence-corrected chi connectivity index (χ3v) is 3.47. The Hall–Kier alpha value is -0.520. The lowest BCUT2D eigenvalue weighted by molar-refractivity contribution is 0.721. The van der Waals surface area contributed by atoms with Crippen LogP contribution in [0.25, 0.3) is 0 Å². The third kappa shape index (κ3) is 12.0. The molecule has 0 aromatic carbocycles. The maximum absolute atomic E-state index is 2.49. The zero-order chi connectivity index (χ0) is 13.5. The fourth-order valence-electron chi connectivity index (χ4n) is 2.14. The van der Waals surface area contributed by atoms with E-state index in [1.807, 2.05) is 0 Å². The van der Waals surface area contributed by atoms with Crippen molar-refractivity contribution in [2.45, 2.75) is 91.4 Å². The Kier molecular flexibility index (Phi) is 14.1. The summed E-state index contributed by atoms with van der Waals surface area (Å²) in [6.45, 7) is 6.82. The van der Waals surface area contributed by atoms with Crippen LogP contribution in [-0.2, 0) is 0 Å². The molecule has 0 heterocycles. The van der Waals surface area contributed by atoms with Crippen LogP contribution in [0.1, 0.15) is 91.4 Å². The highest BCUT2D eigenvalue weighted by Gasteiger charge is 1.93. The summed E-state index contributed by atoms with van der Waals surface area (Å²) >= 11 is 0. The summed E-state index contributed by atoms with van der Waals surface area (Å²) in [6, 6.07) is 0. The number of hydrogen-bond acceptors (Lipinski definition) is 0. The molecule has 0 spiro atoms. The summed E-state index contributed by atoms with van der Waals surface area (Å²) in [5, 5.41) is 0. The van der Waals surface area contributed by atoms with Crippen LogP contribution in [0, 0.1) is 0 Å². The Balaban J connectivity index is 3.59. The Bertz CT molecular complexity index is 210. The second-order valence-corrected chi connectivity index (χ2v) is 5.22. The van der Waals surface area contributed by atoms with E-state index in [9.17, 15) is 0 Å². The lowest BCUT2D eigenvalue weighted by atomic mass is 10.0. The van der Waals surface area contributed by atoms with Crippen LogP contribution in [-0.4, -0.2) is 0 Å². The van der Waals surface area contributed by atoms with Crippen molar-refractivity contribution in [3.63, 3.8) is 0 Å². The van der Waals surface area contributed by atoms with Crippen LogP contribution in [0.3, 0.4) is 0 Å². The highest BCUT2D eigenvalue weighted by molar-refractivity contribution is 5.02. The number of allylic oxidation sites excluding steroid dienone is 4. The van der Waals surface area contributed by atoms with Crippen LogP contribution in [0.2, 0.25) is 0 Å². The van der Waals surface area contributed by atoms with Gasteiger partial charge in [0.25, 0.3) is 0 Å². The molecule has 0 unspecified atom stereocenters. The molecule has 0 aliphatic heterocycles. The van der Waals surface area contributed by atoms with Gasteiger partial charge in [0.05, 0.1) is 0 Å². The average molecular weight is 250 g/mol. The largest absolute Gasteiger partial charge is 0.0885 e. The van der Waals surface area contributed by atoms with Gasteiger partial charge in [-0.1, -0.05) is 70.3 Å². The molecule has 0 N–H and O–H groups in total. The first kappa shape index (κ1) is 17.5. The van der Waals surface area contributed by atoms with Crippen molar-refractivity contribution in [3.8, 4) is 0 Å². The molecule has 106 valence electrons. The molecular weight excluding hydrogens is 216 g/mol. The van der Waals surface area contributed by atoms with Gasteiger partial charge in [-0.15, -0.1) is 0 Å². The van der Waals surface area contributed by atoms with Gasteiger partial charge in [0, 0.05) is 0 Å². The van der Waals surface area contributed by atoms with Gasteiger partial charge in [0.1, 0.15) is 0 Å². The Morgan fingerprint density at radius 3 is 1.94 bits per heavy atom. The van der Waals surface area contributed by atoms with E-state index in [2.05, 4.69) is 39.0 Å². The van der Waals surface area contributed by atoms with Crippen LogP contribution < -0.4 is 0 Å². The minimum Gasteiger partial charge on any atom is -0.0885 e. The minimum atomic E-state index is 1.23. The third-order valence-electron chi connectivity index (χ3n) is 3.47. The van der Waals surface area contributed by atoms with E-state index < -0.39 is 0 Å². The first-order chi connectivity index (χ1) is 8.85. The van der Waals surface area contributed by atoms with Crippen LogP contribution in [0.5, 0.6) is 0 Å². The van der Waals surface area contributed by atoms with Gasteiger partial charge >= 0.3 is 0 Å². The first-order valence-corrected chi connectivity index (χ1v) is 8.18. The van der Waals surface area contributed by atoms with Crippen molar-refractivity contribution < 1.29 is 0 Å². The van der Waals surface area contributed by atoms with Crippen molar-refractivity contribution in [2.24, 2.45) is 0 Å². The molecule has 0 aliphatic rings. The van der Waals surface area contributed by atoms with Crippen molar-refractivity contribution in [1.82, 2.24) is 0 Å². The van der Waals surface area contributed by atoms with Gasteiger partial charge in [-0.25, -0.2) is 0 Å². The molecular formula is C18H34. The van der Waals surface area contributed by atoms with Crippen molar-refractivity contribution >= 4 is 0 Å². The minimum absolute atomic E-state index is 1.23. The molecule has 0 bridgehead atoms. The van der Waals surface area contributed by atoms with E-state index >= 15 is 0 Å². The molecule has 0 saturated carbocycles. The molecule has 0 atom stereocenters. The monoisotopic (exact) mass is 250 g/mol. The van der Waals surface area contributed by atoms with Crippen LogP contribution >= 0.6 is 0 Å². The van der Waals surface area contributed by atoms with Gasteiger partial charge in [-0.3, -0.25) is 0 Å². The van der Waals surface area contributed by atoms with E-state index in [0.717, 1.165) is 0 Å². The Morgan fingerprint density at radius 1 is 0.722 bits per heavy atom. The normalized spacial score (nSPS) is 12.5. The second kappa shape index (κ2) is 14.5. The fourth-order valence-corrected chi connectivity index (χ4v) is 2.14. The van der Waals surface area contributed by atoms with Crippen molar-refractivity contribution in [2.75, 3.05) is 0 Å². The summed E-state index contributed by atoms with van der Waals surface area (Å²) in [5.41, 5.74) is 1.66. The van der Waals surface area contributed by atoms with Crippen molar-refractivity contribution in [3.05, 3.63) is 23.8 Å². The molecule has 0 fully saturated rings. The molecule has 0 aromatic rings. The van der Waals surface area contributed by atoms with E-state index in [-0.39, 0.29) is 0 Å². The molecule has 18 heavy (non-hydrogen) atoms. The molecule has 0 nitrogen and oxygen atoms in total. The fraction of sp³-hybridized carbons (Fsp3) is 0.778.